The molecule has 0 saturated carbocycles. The van der Waals surface area contributed by atoms with Crippen molar-refractivity contribution in [3.05, 3.63) is 11.2 Å². The zero-order chi connectivity index (χ0) is 9.35. The Kier molecular flexibility index (Phi) is 3.06. The van der Waals surface area contributed by atoms with Crippen molar-refractivity contribution in [2.24, 2.45) is 0 Å². The summed E-state index contributed by atoms with van der Waals surface area (Å²) in [4.78, 5) is 10.9. The number of carbonyl (C=O) groups excluding carboxylic acids is 1. The van der Waals surface area contributed by atoms with Crippen molar-refractivity contribution >= 4 is 41.1 Å². The van der Waals surface area contributed by atoms with Gasteiger partial charge in [-0.1, -0.05) is 15.9 Å². The summed E-state index contributed by atoms with van der Waals surface area (Å²) in [7, 11) is -1.54. The van der Waals surface area contributed by atoms with Gasteiger partial charge in [0.1, 0.15) is 9.92 Å². The van der Waals surface area contributed by atoms with E-state index in [-0.39, 0.29) is 9.94 Å². The van der Waals surface area contributed by atoms with Crippen LogP contribution in [0, 0.1) is 0 Å². The van der Waals surface area contributed by atoms with Crippen LogP contribution in [0.2, 0.25) is 19.6 Å². The number of hydrogen-bond donors (Lipinski definition) is 0. The molecule has 1 atom stereocenters. The zero-order valence-electron chi connectivity index (χ0n) is 7.26. The second kappa shape index (κ2) is 3.55. The molecule has 1 aliphatic heterocycles. The summed E-state index contributed by atoms with van der Waals surface area (Å²) in [5.74, 6) is 0. The molecule has 0 aromatic rings. The maximum atomic E-state index is 11.1. The van der Waals surface area contributed by atoms with Crippen molar-refractivity contribution in [2.45, 2.75) is 24.5 Å². The SMILES string of the molecule is C[Si](C)(C)OC1=CC(Br)C(=O)S1. The lowest BCUT2D eigenvalue weighted by Gasteiger charge is -2.18. The van der Waals surface area contributed by atoms with Gasteiger partial charge in [-0.2, -0.15) is 0 Å². The van der Waals surface area contributed by atoms with Crippen LogP contribution in [-0.2, 0) is 9.22 Å². The summed E-state index contributed by atoms with van der Waals surface area (Å²) in [6, 6.07) is 0. The number of allylic oxidation sites excluding steroid dienone is 1. The van der Waals surface area contributed by atoms with Crippen LogP contribution in [-0.4, -0.2) is 18.3 Å². The van der Waals surface area contributed by atoms with E-state index in [0.29, 0.717) is 0 Å². The van der Waals surface area contributed by atoms with E-state index in [4.69, 9.17) is 4.43 Å². The van der Waals surface area contributed by atoms with Crippen LogP contribution in [0.1, 0.15) is 0 Å². The summed E-state index contributed by atoms with van der Waals surface area (Å²) in [6.45, 7) is 6.29. The summed E-state index contributed by atoms with van der Waals surface area (Å²) in [5, 5.41) is 0.879. The topological polar surface area (TPSA) is 26.3 Å². The van der Waals surface area contributed by atoms with Crippen LogP contribution >= 0.6 is 27.7 Å². The maximum absolute atomic E-state index is 11.1. The van der Waals surface area contributed by atoms with Gasteiger partial charge >= 0.3 is 0 Å². The molecule has 1 heterocycles. The standard InChI is InChI=1S/C7H11BrO2SSi/c1-12(2,3)10-6-4-5(8)7(9)11-6/h4-5H,1-3H3. The fourth-order valence-corrected chi connectivity index (χ4v) is 3.60. The molecule has 1 rings (SSSR count). The number of thioether (sulfide) groups is 1. The van der Waals surface area contributed by atoms with Gasteiger partial charge in [0.15, 0.2) is 0 Å². The molecule has 12 heavy (non-hydrogen) atoms. The highest BCUT2D eigenvalue weighted by atomic mass is 79.9. The smallest absolute Gasteiger partial charge is 0.242 e. The first-order valence-corrected chi connectivity index (χ1v) is 8.79. The molecule has 0 radical (unpaired) electrons. The Morgan fingerprint density at radius 3 is 2.50 bits per heavy atom. The molecular formula is C7H11BrO2SSi. The Hall–Kier alpha value is 0.257. The molecule has 0 aromatic heterocycles. The molecule has 1 unspecified atom stereocenters. The van der Waals surface area contributed by atoms with Gasteiger partial charge in [-0.05, 0) is 37.5 Å². The Morgan fingerprint density at radius 1 is 1.58 bits per heavy atom. The number of carbonyl (C=O) groups is 1. The molecule has 0 fully saturated rings. The van der Waals surface area contributed by atoms with Gasteiger partial charge < -0.3 is 4.43 Å². The largest absolute Gasteiger partial charge is 0.540 e. The minimum absolute atomic E-state index is 0.114. The number of rotatable bonds is 2. The van der Waals surface area contributed by atoms with E-state index in [1.54, 1.807) is 0 Å². The Balaban J connectivity index is 2.57. The first-order chi connectivity index (χ1) is 5.38. The normalized spacial score (nSPS) is 24.2. The summed E-state index contributed by atoms with van der Waals surface area (Å²) < 4.78 is 5.65. The van der Waals surface area contributed by atoms with Crippen molar-refractivity contribution in [3.63, 3.8) is 0 Å². The van der Waals surface area contributed by atoms with E-state index in [9.17, 15) is 4.79 Å². The highest BCUT2D eigenvalue weighted by Gasteiger charge is 2.28. The number of alkyl halides is 1. The number of halogens is 1. The first kappa shape index (κ1) is 10.3. The van der Waals surface area contributed by atoms with Crippen molar-refractivity contribution in [2.75, 3.05) is 0 Å². The van der Waals surface area contributed by atoms with E-state index in [0.717, 1.165) is 5.09 Å². The molecule has 1 aliphatic rings. The summed E-state index contributed by atoms with van der Waals surface area (Å²) in [5.41, 5.74) is 0. The van der Waals surface area contributed by atoms with Gasteiger partial charge in [-0.3, -0.25) is 4.79 Å². The van der Waals surface area contributed by atoms with Gasteiger partial charge in [-0.15, -0.1) is 0 Å². The van der Waals surface area contributed by atoms with Gasteiger partial charge in [-0.25, -0.2) is 0 Å². The van der Waals surface area contributed by atoms with Crippen LogP contribution in [0.4, 0.5) is 0 Å². The highest BCUT2D eigenvalue weighted by molar-refractivity contribution is 9.10. The predicted octanol–water partition coefficient (Wildman–Crippen LogP) is 2.72. The molecular weight excluding hydrogens is 256 g/mol. The van der Waals surface area contributed by atoms with Crippen molar-refractivity contribution in [1.82, 2.24) is 0 Å². The van der Waals surface area contributed by atoms with E-state index in [2.05, 4.69) is 35.6 Å². The maximum Gasteiger partial charge on any atom is 0.242 e. The van der Waals surface area contributed by atoms with E-state index in [1.807, 2.05) is 6.08 Å². The molecule has 0 amide bonds. The highest BCUT2D eigenvalue weighted by Crippen LogP contribution is 2.33. The third kappa shape index (κ3) is 2.95. The number of hydrogen-bond acceptors (Lipinski definition) is 3. The predicted molar refractivity (Wildman–Crippen MR) is 57.8 cm³/mol. The minimum Gasteiger partial charge on any atom is -0.540 e. The van der Waals surface area contributed by atoms with Crippen molar-refractivity contribution in [1.29, 1.82) is 0 Å². The minimum atomic E-state index is -1.54. The molecule has 0 N–H and O–H groups in total. The second-order valence-electron chi connectivity index (χ2n) is 3.52. The quantitative estimate of drug-likeness (QED) is 0.568. The van der Waals surface area contributed by atoms with Gasteiger partial charge in [0.2, 0.25) is 13.4 Å². The molecule has 0 spiro atoms. The van der Waals surface area contributed by atoms with Gasteiger partial charge in [0.05, 0.1) is 0 Å². The van der Waals surface area contributed by atoms with Crippen molar-refractivity contribution < 1.29 is 9.22 Å². The zero-order valence-corrected chi connectivity index (χ0v) is 10.7. The molecule has 5 heteroatoms. The molecule has 0 bridgehead atoms. The van der Waals surface area contributed by atoms with Crippen LogP contribution in [0.15, 0.2) is 11.2 Å². The lowest BCUT2D eigenvalue weighted by atomic mass is 10.5. The van der Waals surface area contributed by atoms with E-state index < -0.39 is 8.32 Å². The van der Waals surface area contributed by atoms with E-state index in [1.165, 1.54) is 11.8 Å². The van der Waals surface area contributed by atoms with Crippen LogP contribution in [0.25, 0.3) is 0 Å². The Bertz CT molecular complexity index is 234. The average molecular weight is 267 g/mol. The molecule has 0 aromatic carbocycles. The molecule has 2 nitrogen and oxygen atoms in total. The fourth-order valence-electron chi connectivity index (χ4n) is 0.734. The molecule has 0 saturated heterocycles. The van der Waals surface area contributed by atoms with Gasteiger partial charge in [0, 0.05) is 0 Å². The van der Waals surface area contributed by atoms with Crippen LogP contribution in [0.5, 0.6) is 0 Å². The van der Waals surface area contributed by atoms with Gasteiger partial charge in [0.25, 0.3) is 0 Å². The fraction of sp³-hybridized carbons (Fsp3) is 0.571. The summed E-state index contributed by atoms with van der Waals surface area (Å²) in [6.07, 6.45) is 1.82. The van der Waals surface area contributed by atoms with Crippen LogP contribution in [0.3, 0.4) is 0 Å². The molecule has 68 valence electrons. The van der Waals surface area contributed by atoms with Crippen molar-refractivity contribution in [3.8, 4) is 0 Å². The van der Waals surface area contributed by atoms with E-state index >= 15 is 0 Å². The second-order valence-corrected chi connectivity index (χ2v) is 9.95. The lowest BCUT2D eigenvalue weighted by molar-refractivity contribution is -0.109. The summed E-state index contributed by atoms with van der Waals surface area (Å²) >= 11 is 4.43. The first-order valence-electron chi connectivity index (χ1n) is 3.65. The Morgan fingerprint density at radius 2 is 2.17 bits per heavy atom. The Labute approximate surface area is 86.0 Å². The molecule has 0 aliphatic carbocycles. The monoisotopic (exact) mass is 266 g/mol. The third-order valence-corrected chi connectivity index (χ3v) is 3.95. The lowest BCUT2D eigenvalue weighted by Crippen LogP contribution is -2.23. The third-order valence-electron chi connectivity index (χ3n) is 1.12. The average Bonchev–Trinajstić information content (AvgIpc) is 2.07. The van der Waals surface area contributed by atoms with Crippen LogP contribution < -0.4 is 0 Å².